The summed E-state index contributed by atoms with van der Waals surface area (Å²) in [7, 11) is 1.96. The normalized spacial score (nSPS) is 12.8. The minimum atomic E-state index is -0.492. The first-order valence-electron chi connectivity index (χ1n) is 15.0. The molecule has 1 aromatic carbocycles. The lowest BCUT2D eigenvalue weighted by Crippen LogP contribution is -2.45. The smallest absolute Gasteiger partial charge is 0.407 e. The Morgan fingerprint density at radius 2 is 1.38 bits per heavy atom. The van der Waals surface area contributed by atoms with Crippen LogP contribution in [-0.4, -0.2) is 94.1 Å². The van der Waals surface area contributed by atoms with Gasteiger partial charge in [-0.1, -0.05) is 0 Å². The molecule has 2 aromatic rings. The van der Waals surface area contributed by atoms with Crippen molar-refractivity contribution >= 4 is 28.5 Å². The minimum Gasteiger partial charge on any atom is -0.444 e. The number of carbonyl (C=O) groups is 1. The highest BCUT2D eigenvalue weighted by atomic mass is 16.6. The van der Waals surface area contributed by atoms with Gasteiger partial charge in [-0.05, 0) is 117 Å². The fraction of sp³-hybridized carbons (Fsp3) is 0.767. The van der Waals surface area contributed by atoms with Gasteiger partial charge in [-0.3, -0.25) is 19.9 Å². The molecular formula is C30H53N7O5. The van der Waals surface area contributed by atoms with E-state index in [9.17, 15) is 14.9 Å². The number of carbonyl (C=O) groups excluding carboxylic acids is 1. The third-order valence-corrected chi connectivity index (χ3v) is 7.18. The second-order valence-electron chi connectivity index (χ2n) is 13.9. The number of rotatable bonds is 15. The maximum atomic E-state index is 11.9. The van der Waals surface area contributed by atoms with Gasteiger partial charge in [0.05, 0.1) is 10.6 Å². The van der Waals surface area contributed by atoms with Crippen molar-refractivity contribution in [1.82, 2.24) is 25.4 Å². The number of alkyl carbamates (subject to hydrolysis) is 1. The Morgan fingerprint density at radius 1 is 0.857 bits per heavy atom. The van der Waals surface area contributed by atoms with E-state index in [1.165, 1.54) is 6.07 Å². The lowest BCUT2D eigenvalue weighted by Gasteiger charge is -2.38. The number of benzene rings is 1. The van der Waals surface area contributed by atoms with Gasteiger partial charge in [0.1, 0.15) is 5.60 Å². The molecule has 238 valence electrons. The summed E-state index contributed by atoms with van der Waals surface area (Å²) in [6.45, 7) is 24.2. The third-order valence-electron chi connectivity index (χ3n) is 7.18. The molecule has 0 radical (unpaired) electrons. The van der Waals surface area contributed by atoms with Crippen molar-refractivity contribution in [2.75, 3.05) is 51.2 Å². The maximum Gasteiger partial charge on any atom is 0.407 e. The van der Waals surface area contributed by atoms with Crippen molar-refractivity contribution < 1.29 is 19.1 Å². The molecule has 0 atom stereocenters. The number of fused-ring (bicyclic) bond motifs is 1. The van der Waals surface area contributed by atoms with Crippen molar-refractivity contribution in [1.29, 1.82) is 0 Å². The molecule has 0 aliphatic carbocycles. The predicted molar refractivity (Wildman–Crippen MR) is 167 cm³/mol. The first kappa shape index (κ1) is 35.2. The summed E-state index contributed by atoms with van der Waals surface area (Å²) in [5.74, 6) is 0. The van der Waals surface area contributed by atoms with Crippen molar-refractivity contribution in [2.45, 2.75) is 105 Å². The molecule has 0 saturated carbocycles. The number of hydrogen-bond acceptors (Lipinski definition) is 10. The standard InChI is InChI=1S/C30H53N7O5/c1-28(2,3)35(21-13-17-31-27(38)41-30(7,8)9)19-11-12-20-36(29(4,5)6)22-14-18-34(10)23-15-16-24(37(39)40)26-25(23)32-42-33-26/h15-16H,11-14,17-22H2,1-10H3,(H,31,38). The number of anilines is 1. The topological polar surface area (TPSA) is 130 Å². The molecule has 0 saturated heterocycles. The van der Waals surface area contributed by atoms with Crippen LogP contribution in [0.5, 0.6) is 0 Å². The molecule has 0 aliphatic heterocycles. The zero-order valence-electron chi connectivity index (χ0n) is 27.5. The Kier molecular flexibility index (Phi) is 12.5. The van der Waals surface area contributed by atoms with Gasteiger partial charge in [0.15, 0.2) is 5.52 Å². The molecule has 1 heterocycles. The van der Waals surface area contributed by atoms with Crippen LogP contribution in [-0.2, 0) is 4.74 Å². The second kappa shape index (κ2) is 15.0. The highest BCUT2D eigenvalue weighted by molar-refractivity contribution is 5.93. The van der Waals surface area contributed by atoms with E-state index in [0.29, 0.717) is 12.1 Å². The quantitative estimate of drug-likeness (QED) is 0.153. The SMILES string of the molecule is CN(CCCN(CCCCN(CCCNC(=O)OC(C)(C)C)C(C)(C)C)C(C)(C)C)c1ccc([N+](=O)[O-])c2nonc12. The van der Waals surface area contributed by atoms with E-state index in [0.717, 1.165) is 64.1 Å². The first-order chi connectivity index (χ1) is 19.4. The highest BCUT2D eigenvalue weighted by Gasteiger charge is 2.24. The van der Waals surface area contributed by atoms with Gasteiger partial charge >= 0.3 is 11.8 Å². The second-order valence-corrected chi connectivity index (χ2v) is 13.9. The van der Waals surface area contributed by atoms with E-state index < -0.39 is 10.5 Å². The van der Waals surface area contributed by atoms with E-state index in [-0.39, 0.29) is 28.4 Å². The van der Waals surface area contributed by atoms with Gasteiger partial charge in [-0.25, -0.2) is 9.42 Å². The minimum absolute atomic E-state index is 0.0340. The number of nitro benzene ring substituents is 1. The van der Waals surface area contributed by atoms with Gasteiger partial charge in [-0.2, -0.15) is 0 Å². The van der Waals surface area contributed by atoms with Crippen LogP contribution in [0.3, 0.4) is 0 Å². The molecular weight excluding hydrogens is 538 g/mol. The zero-order chi connectivity index (χ0) is 31.7. The molecule has 1 N–H and O–H groups in total. The van der Waals surface area contributed by atoms with Crippen LogP contribution in [0.25, 0.3) is 11.0 Å². The average molecular weight is 592 g/mol. The van der Waals surface area contributed by atoms with Crippen LogP contribution in [0.2, 0.25) is 0 Å². The number of nitro groups is 1. The number of hydrogen-bond donors (Lipinski definition) is 1. The fourth-order valence-corrected chi connectivity index (χ4v) is 4.86. The van der Waals surface area contributed by atoms with Crippen LogP contribution in [0.4, 0.5) is 16.2 Å². The molecule has 0 bridgehead atoms. The summed E-state index contributed by atoms with van der Waals surface area (Å²) in [5.41, 5.74) is 0.823. The van der Waals surface area contributed by atoms with Gasteiger partial charge in [-0.15, -0.1) is 0 Å². The van der Waals surface area contributed by atoms with Crippen LogP contribution in [0.15, 0.2) is 16.8 Å². The predicted octanol–water partition coefficient (Wildman–Crippen LogP) is 5.85. The zero-order valence-corrected chi connectivity index (χ0v) is 27.5. The van der Waals surface area contributed by atoms with E-state index >= 15 is 0 Å². The highest BCUT2D eigenvalue weighted by Crippen LogP contribution is 2.30. The molecule has 0 unspecified atom stereocenters. The molecule has 2 rings (SSSR count). The summed E-state index contributed by atoms with van der Waals surface area (Å²) in [5, 5.41) is 21.8. The van der Waals surface area contributed by atoms with Gasteiger partial charge in [0.2, 0.25) is 5.52 Å². The Morgan fingerprint density at radius 3 is 1.90 bits per heavy atom. The molecule has 0 spiro atoms. The number of non-ortho nitro benzene ring substituents is 1. The molecule has 12 heteroatoms. The molecule has 42 heavy (non-hydrogen) atoms. The third kappa shape index (κ3) is 11.4. The van der Waals surface area contributed by atoms with Gasteiger partial charge in [0.25, 0.3) is 0 Å². The van der Waals surface area contributed by atoms with E-state index in [2.05, 4.69) is 71.9 Å². The van der Waals surface area contributed by atoms with Crippen LogP contribution >= 0.6 is 0 Å². The number of ether oxygens (including phenoxy) is 1. The summed E-state index contributed by atoms with van der Waals surface area (Å²) < 4.78 is 10.1. The molecule has 0 fully saturated rings. The largest absolute Gasteiger partial charge is 0.444 e. The van der Waals surface area contributed by atoms with E-state index in [4.69, 9.17) is 9.37 Å². The number of unbranched alkanes of at least 4 members (excludes halogenated alkanes) is 1. The molecule has 0 aliphatic rings. The number of nitrogens with one attached hydrogen (secondary N) is 1. The van der Waals surface area contributed by atoms with E-state index in [1.54, 1.807) is 6.07 Å². The molecule has 1 aromatic heterocycles. The van der Waals surface area contributed by atoms with Crippen LogP contribution in [0, 0.1) is 10.1 Å². The van der Waals surface area contributed by atoms with Crippen molar-refractivity contribution in [3.05, 3.63) is 22.2 Å². The van der Waals surface area contributed by atoms with Gasteiger partial charge in [0, 0.05) is 50.4 Å². The molecule has 12 nitrogen and oxygen atoms in total. The lowest BCUT2D eigenvalue weighted by atomic mass is 10.0. The van der Waals surface area contributed by atoms with Crippen molar-refractivity contribution in [3.8, 4) is 0 Å². The van der Waals surface area contributed by atoms with E-state index in [1.807, 2.05) is 27.8 Å². The summed E-state index contributed by atoms with van der Waals surface area (Å²) in [6.07, 6.45) is 3.60. The Hall–Kier alpha value is -2.99. The Balaban J connectivity index is 1.83. The van der Waals surface area contributed by atoms with Crippen molar-refractivity contribution in [3.63, 3.8) is 0 Å². The number of aromatic nitrogens is 2. The lowest BCUT2D eigenvalue weighted by molar-refractivity contribution is -0.383. The average Bonchev–Trinajstić information content (AvgIpc) is 3.33. The Bertz CT molecular complexity index is 1150. The fourth-order valence-electron chi connectivity index (χ4n) is 4.86. The van der Waals surface area contributed by atoms with Crippen LogP contribution < -0.4 is 10.2 Å². The monoisotopic (exact) mass is 591 g/mol. The van der Waals surface area contributed by atoms with Gasteiger partial charge < -0.3 is 15.0 Å². The maximum absolute atomic E-state index is 11.9. The Labute approximate surface area is 251 Å². The number of nitrogens with zero attached hydrogens (tertiary/aromatic N) is 6. The van der Waals surface area contributed by atoms with Crippen LogP contribution in [0.1, 0.15) is 88.0 Å². The summed E-state index contributed by atoms with van der Waals surface area (Å²) >= 11 is 0. The number of amides is 1. The first-order valence-corrected chi connectivity index (χ1v) is 15.0. The van der Waals surface area contributed by atoms with Crippen molar-refractivity contribution in [2.24, 2.45) is 0 Å². The summed E-state index contributed by atoms with van der Waals surface area (Å²) in [6, 6.07) is 3.17. The summed E-state index contributed by atoms with van der Waals surface area (Å²) in [4.78, 5) is 29.8. The molecule has 1 amide bonds.